The van der Waals surface area contributed by atoms with E-state index in [0.717, 1.165) is 26.1 Å². The predicted molar refractivity (Wildman–Crippen MR) is 66.9 cm³/mol. The first-order valence-electron chi connectivity index (χ1n) is 7.12. The standard InChI is InChI=1S/C13H23N3O/c17-13(15-11-3-1-2-4-11)16-8-6-12-10(9-16)5-7-14-12/h10-12,14H,1-9H2,(H,15,17). The molecule has 3 rings (SSSR count). The highest BCUT2D eigenvalue weighted by Crippen LogP contribution is 2.25. The number of hydrogen-bond acceptors (Lipinski definition) is 2. The van der Waals surface area contributed by atoms with Crippen molar-refractivity contribution in [1.82, 2.24) is 15.5 Å². The van der Waals surface area contributed by atoms with Crippen LogP contribution in [0.2, 0.25) is 0 Å². The van der Waals surface area contributed by atoms with E-state index in [2.05, 4.69) is 10.6 Å². The van der Waals surface area contributed by atoms with Crippen molar-refractivity contribution in [1.29, 1.82) is 0 Å². The molecule has 2 atom stereocenters. The largest absolute Gasteiger partial charge is 0.335 e. The van der Waals surface area contributed by atoms with E-state index in [9.17, 15) is 4.79 Å². The molecule has 0 aromatic rings. The van der Waals surface area contributed by atoms with Gasteiger partial charge in [0.05, 0.1) is 0 Å². The van der Waals surface area contributed by atoms with Crippen LogP contribution in [0.5, 0.6) is 0 Å². The number of hydrogen-bond donors (Lipinski definition) is 2. The van der Waals surface area contributed by atoms with Crippen LogP contribution >= 0.6 is 0 Å². The first-order chi connectivity index (χ1) is 8.33. The molecule has 1 saturated carbocycles. The first kappa shape index (κ1) is 11.3. The van der Waals surface area contributed by atoms with E-state index in [1.165, 1.54) is 32.1 Å². The van der Waals surface area contributed by atoms with E-state index >= 15 is 0 Å². The fraction of sp³-hybridized carbons (Fsp3) is 0.923. The Morgan fingerprint density at radius 2 is 2.00 bits per heavy atom. The molecule has 3 aliphatic rings. The zero-order valence-electron chi connectivity index (χ0n) is 10.5. The summed E-state index contributed by atoms with van der Waals surface area (Å²) >= 11 is 0. The number of nitrogens with zero attached hydrogens (tertiary/aromatic N) is 1. The number of nitrogens with one attached hydrogen (secondary N) is 2. The second-order valence-electron chi connectivity index (χ2n) is 5.77. The van der Waals surface area contributed by atoms with E-state index < -0.39 is 0 Å². The van der Waals surface area contributed by atoms with Crippen molar-refractivity contribution in [3.63, 3.8) is 0 Å². The lowest BCUT2D eigenvalue weighted by Gasteiger charge is -2.35. The Bertz CT molecular complexity index is 288. The van der Waals surface area contributed by atoms with Crippen molar-refractivity contribution >= 4 is 6.03 Å². The fourth-order valence-corrected chi connectivity index (χ4v) is 3.57. The monoisotopic (exact) mass is 237 g/mol. The zero-order chi connectivity index (χ0) is 11.7. The Morgan fingerprint density at radius 3 is 2.82 bits per heavy atom. The van der Waals surface area contributed by atoms with Gasteiger partial charge in [0.2, 0.25) is 0 Å². The van der Waals surface area contributed by atoms with Gasteiger partial charge < -0.3 is 15.5 Å². The van der Waals surface area contributed by atoms with Crippen LogP contribution in [0, 0.1) is 5.92 Å². The molecule has 96 valence electrons. The second kappa shape index (κ2) is 4.84. The molecule has 0 radical (unpaired) electrons. The normalized spacial score (nSPS) is 33.8. The van der Waals surface area contributed by atoms with E-state index in [4.69, 9.17) is 0 Å². The molecule has 4 heteroatoms. The highest BCUT2D eigenvalue weighted by molar-refractivity contribution is 5.74. The van der Waals surface area contributed by atoms with E-state index in [1.54, 1.807) is 0 Å². The Labute approximate surface area is 103 Å². The van der Waals surface area contributed by atoms with Gasteiger partial charge in [-0.3, -0.25) is 0 Å². The summed E-state index contributed by atoms with van der Waals surface area (Å²) in [5, 5.41) is 6.73. The van der Waals surface area contributed by atoms with Gasteiger partial charge in [0.15, 0.2) is 0 Å². The molecule has 0 aromatic carbocycles. The Morgan fingerprint density at radius 1 is 1.18 bits per heavy atom. The molecule has 2 aliphatic heterocycles. The summed E-state index contributed by atoms with van der Waals surface area (Å²) in [6.45, 7) is 3.01. The molecule has 0 aromatic heterocycles. The van der Waals surface area contributed by atoms with Crippen molar-refractivity contribution in [2.24, 2.45) is 5.92 Å². The number of likely N-dealkylation sites (tertiary alicyclic amines) is 1. The van der Waals surface area contributed by atoms with Crippen LogP contribution in [0.3, 0.4) is 0 Å². The number of amides is 2. The number of rotatable bonds is 1. The summed E-state index contributed by atoms with van der Waals surface area (Å²) in [5.41, 5.74) is 0. The molecule has 2 heterocycles. The smallest absolute Gasteiger partial charge is 0.317 e. The average Bonchev–Trinajstić information content (AvgIpc) is 2.97. The minimum absolute atomic E-state index is 0.183. The van der Waals surface area contributed by atoms with Gasteiger partial charge in [-0.05, 0) is 38.1 Å². The summed E-state index contributed by atoms with van der Waals surface area (Å²) in [4.78, 5) is 14.2. The zero-order valence-corrected chi connectivity index (χ0v) is 10.5. The number of carbonyl (C=O) groups is 1. The van der Waals surface area contributed by atoms with Gasteiger partial charge in [-0.1, -0.05) is 12.8 Å². The maximum absolute atomic E-state index is 12.1. The molecule has 1 aliphatic carbocycles. The van der Waals surface area contributed by atoms with Crippen LogP contribution in [0.4, 0.5) is 4.79 Å². The lowest BCUT2D eigenvalue weighted by molar-refractivity contribution is 0.156. The van der Waals surface area contributed by atoms with Gasteiger partial charge in [0, 0.05) is 25.2 Å². The van der Waals surface area contributed by atoms with E-state index in [0.29, 0.717) is 18.0 Å². The van der Waals surface area contributed by atoms with Crippen molar-refractivity contribution in [2.45, 2.75) is 50.6 Å². The lowest BCUT2D eigenvalue weighted by Crippen LogP contribution is -2.51. The Kier molecular flexibility index (Phi) is 3.23. The van der Waals surface area contributed by atoms with E-state index in [-0.39, 0.29) is 6.03 Å². The van der Waals surface area contributed by atoms with Crippen LogP contribution in [0.15, 0.2) is 0 Å². The predicted octanol–water partition coefficient (Wildman–Crippen LogP) is 1.32. The Balaban J connectivity index is 1.51. The summed E-state index contributed by atoms with van der Waals surface area (Å²) in [5.74, 6) is 0.693. The third-order valence-corrected chi connectivity index (χ3v) is 4.63. The highest BCUT2D eigenvalue weighted by Gasteiger charge is 2.34. The molecular weight excluding hydrogens is 214 g/mol. The average molecular weight is 237 g/mol. The van der Waals surface area contributed by atoms with Gasteiger partial charge in [0.1, 0.15) is 0 Å². The molecule has 2 unspecified atom stereocenters. The highest BCUT2D eigenvalue weighted by atomic mass is 16.2. The third kappa shape index (κ3) is 2.41. The number of fused-ring (bicyclic) bond motifs is 1. The topological polar surface area (TPSA) is 44.4 Å². The van der Waals surface area contributed by atoms with Gasteiger partial charge in [-0.2, -0.15) is 0 Å². The van der Waals surface area contributed by atoms with Crippen molar-refractivity contribution < 1.29 is 4.79 Å². The van der Waals surface area contributed by atoms with Crippen molar-refractivity contribution in [2.75, 3.05) is 19.6 Å². The second-order valence-corrected chi connectivity index (χ2v) is 5.77. The SMILES string of the molecule is O=C(NC1CCCC1)N1CCC2NCCC2C1. The van der Waals surface area contributed by atoms with Gasteiger partial charge >= 0.3 is 6.03 Å². The molecule has 0 spiro atoms. The van der Waals surface area contributed by atoms with E-state index in [1.807, 2.05) is 4.90 Å². The van der Waals surface area contributed by atoms with Crippen LogP contribution in [-0.2, 0) is 0 Å². The number of carbonyl (C=O) groups excluding carboxylic acids is 1. The van der Waals surface area contributed by atoms with Crippen molar-refractivity contribution in [3.05, 3.63) is 0 Å². The molecule has 4 nitrogen and oxygen atoms in total. The molecule has 17 heavy (non-hydrogen) atoms. The number of urea groups is 1. The van der Waals surface area contributed by atoms with Crippen LogP contribution < -0.4 is 10.6 Å². The summed E-state index contributed by atoms with van der Waals surface area (Å²) in [6.07, 6.45) is 7.26. The minimum atomic E-state index is 0.183. The maximum Gasteiger partial charge on any atom is 0.317 e. The Hall–Kier alpha value is -0.770. The molecule has 2 amide bonds. The minimum Gasteiger partial charge on any atom is -0.335 e. The summed E-state index contributed by atoms with van der Waals surface area (Å²) in [7, 11) is 0. The quantitative estimate of drug-likeness (QED) is 0.722. The van der Waals surface area contributed by atoms with Gasteiger partial charge in [-0.15, -0.1) is 0 Å². The third-order valence-electron chi connectivity index (χ3n) is 4.63. The first-order valence-corrected chi connectivity index (χ1v) is 7.12. The lowest BCUT2D eigenvalue weighted by atomic mass is 9.93. The van der Waals surface area contributed by atoms with Gasteiger partial charge in [-0.25, -0.2) is 4.79 Å². The summed E-state index contributed by atoms with van der Waals surface area (Å²) < 4.78 is 0. The number of piperidine rings is 1. The fourth-order valence-electron chi connectivity index (χ4n) is 3.57. The van der Waals surface area contributed by atoms with Crippen LogP contribution in [-0.4, -0.2) is 42.6 Å². The molecule has 2 N–H and O–H groups in total. The molecular formula is C13H23N3O. The van der Waals surface area contributed by atoms with Crippen LogP contribution in [0.25, 0.3) is 0 Å². The van der Waals surface area contributed by atoms with Crippen LogP contribution in [0.1, 0.15) is 38.5 Å². The summed E-state index contributed by atoms with van der Waals surface area (Å²) in [6, 6.07) is 1.30. The molecule has 2 saturated heterocycles. The maximum atomic E-state index is 12.1. The molecule has 3 fully saturated rings. The van der Waals surface area contributed by atoms with Gasteiger partial charge in [0.25, 0.3) is 0 Å². The van der Waals surface area contributed by atoms with Crippen molar-refractivity contribution in [3.8, 4) is 0 Å². The molecule has 0 bridgehead atoms.